The molecule has 8 heteroatoms. The average molecular weight is 394 g/mol. The Balaban J connectivity index is 1.87. The van der Waals surface area contributed by atoms with Gasteiger partial charge in [0.1, 0.15) is 18.1 Å². The summed E-state index contributed by atoms with van der Waals surface area (Å²) >= 11 is 0. The summed E-state index contributed by atoms with van der Waals surface area (Å²) in [6.07, 6.45) is -4.81. The Hall–Kier alpha value is -2.19. The third-order valence-electron chi connectivity index (χ3n) is 4.91. The van der Waals surface area contributed by atoms with Gasteiger partial charge in [0.2, 0.25) is 0 Å². The number of halogens is 3. The van der Waals surface area contributed by atoms with Gasteiger partial charge in [-0.1, -0.05) is 30.3 Å². The van der Waals surface area contributed by atoms with Gasteiger partial charge in [-0.25, -0.2) is 0 Å². The summed E-state index contributed by atoms with van der Waals surface area (Å²) < 4.78 is 59.9. The van der Waals surface area contributed by atoms with E-state index in [0.29, 0.717) is 5.46 Å². The SMILES string of the molecule is CC1(C)OB(c2cc(OCc3ccccc3)cc(OC(F)(F)F)c2)OC1(C)C. The molecule has 1 fully saturated rings. The topological polar surface area (TPSA) is 36.9 Å². The summed E-state index contributed by atoms with van der Waals surface area (Å²) in [5.74, 6) is -0.155. The first-order valence-corrected chi connectivity index (χ1v) is 8.88. The molecule has 3 rings (SSSR count). The molecule has 0 radical (unpaired) electrons. The van der Waals surface area contributed by atoms with E-state index in [1.165, 1.54) is 12.1 Å². The van der Waals surface area contributed by atoms with Gasteiger partial charge in [0.25, 0.3) is 0 Å². The van der Waals surface area contributed by atoms with Crippen LogP contribution in [0.5, 0.6) is 11.5 Å². The van der Waals surface area contributed by atoms with Crippen LogP contribution in [0.1, 0.15) is 33.3 Å². The van der Waals surface area contributed by atoms with Gasteiger partial charge < -0.3 is 18.8 Å². The van der Waals surface area contributed by atoms with Crippen LogP contribution < -0.4 is 14.9 Å². The van der Waals surface area contributed by atoms with E-state index in [0.717, 1.165) is 5.56 Å². The third-order valence-corrected chi connectivity index (χ3v) is 4.91. The molecule has 150 valence electrons. The van der Waals surface area contributed by atoms with Gasteiger partial charge in [0.15, 0.2) is 0 Å². The molecule has 0 bridgehead atoms. The number of benzene rings is 2. The minimum Gasteiger partial charge on any atom is -0.489 e. The van der Waals surface area contributed by atoms with Gasteiger partial charge in [-0.05, 0) is 50.9 Å². The summed E-state index contributed by atoms with van der Waals surface area (Å²) in [6, 6.07) is 13.4. The van der Waals surface area contributed by atoms with Crippen molar-refractivity contribution in [2.45, 2.75) is 51.9 Å². The highest BCUT2D eigenvalue weighted by Crippen LogP contribution is 2.37. The van der Waals surface area contributed by atoms with E-state index in [4.69, 9.17) is 14.0 Å². The van der Waals surface area contributed by atoms with Crippen LogP contribution in [-0.2, 0) is 15.9 Å². The van der Waals surface area contributed by atoms with Crippen LogP contribution in [0.4, 0.5) is 13.2 Å². The summed E-state index contributed by atoms with van der Waals surface area (Å²) in [5.41, 5.74) is 0.0398. The van der Waals surface area contributed by atoms with Crippen molar-refractivity contribution < 1.29 is 32.0 Å². The molecule has 2 aromatic carbocycles. The molecule has 0 amide bonds. The molecule has 1 aliphatic heterocycles. The highest BCUT2D eigenvalue weighted by atomic mass is 19.4. The van der Waals surface area contributed by atoms with Crippen molar-refractivity contribution in [1.29, 1.82) is 0 Å². The summed E-state index contributed by atoms with van der Waals surface area (Å²) in [4.78, 5) is 0. The van der Waals surface area contributed by atoms with E-state index in [-0.39, 0.29) is 18.1 Å². The molecule has 0 atom stereocenters. The molecule has 0 spiro atoms. The van der Waals surface area contributed by atoms with Gasteiger partial charge in [0.05, 0.1) is 11.2 Å². The largest absolute Gasteiger partial charge is 0.573 e. The molecule has 0 aliphatic carbocycles. The van der Waals surface area contributed by atoms with Crippen molar-refractivity contribution in [3.05, 3.63) is 54.1 Å². The Morgan fingerprint density at radius 1 is 0.893 bits per heavy atom. The second kappa shape index (κ2) is 7.33. The molecule has 0 saturated carbocycles. The molecular formula is C20H22BF3O4. The fourth-order valence-corrected chi connectivity index (χ4v) is 2.73. The fourth-order valence-electron chi connectivity index (χ4n) is 2.73. The lowest BCUT2D eigenvalue weighted by Gasteiger charge is -2.32. The lowest BCUT2D eigenvalue weighted by molar-refractivity contribution is -0.274. The first-order chi connectivity index (χ1) is 13.0. The van der Waals surface area contributed by atoms with Crippen molar-refractivity contribution in [2.24, 2.45) is 0 Å². The fraction of sp³-hybridized carbons (Fsp3) is 0.400. The molecular weight excluding hydrogens is 372 g/mol. The number of alkyl halides is 3. The van der Waals surface area contributed by atoms with Gasteiger partial charge in [-0.15, -0.1) is 13.2 Å². The van der Waals surface area contributed by atoms with Gasteiger partial charge in [0, 0.05) is 6.07 Å². The standard InChI is InChI=1S/C20H22BF3O4/c1-18(2)19(3,4)28-21(27-18)15-10-16(12-17(11-15)26-20(22,23)24)25-13-14-8-6-5-7-9-14/h5-12H,13H2,1-4H3. The van der Waals surface area contributed by atoms with E-state index in [2.05, 4.69) is 4.74 Å². The van der Waals surface area contributed by atoms with Crippen LogP contribution in [0.2, 0.25) is 0 Å². The maximum Gasteiger partial charge on any atom is 0.573 e. The van der Waals surface area contributed by atoms with Crippen molar-refractivity contribution >= 4 is 12.6 Å². The van der Waals surface area contributed by atoms with Crippen molar-refractivity contribution in [3.63, 3.8) is 0 Å². The molecule has 4 nitrogen and oxygen atoms in total. The predicted octanol–water partition coefficient (Wildman–Crippen LogP) is 4.46. The smallest absolute Gasteiger partial charge is 0.489 e. The maximum atomic E-state index is 12.8. The quantitative estimate of drug-likeness (QED) is 0.702. The van der Waals surface area contributed by atoms with E-state index in [1.54, 1.807) is 6.07 Å². The Morgan fingerprint density at radius 3 is 2.04 bits per heavy atom. The molecule has 0 unspecified atom stereocenters. The van der Waals surface area contributed by atoms with Crippen LogP contribution in [-0.4, -0.2) is 24.7 Å². The van der Waals surface area contributed by atoms with Gasteiger partial charge >= 0.3 is 13.5 Å². The minimum atomic E-state index is -4.81. The number of hydrogen-bond acceptors (Lipinski definition) is 4. The van der Waals surface area contributed by atoms with E-state index >= 15 is 0 Å². The number of hydrogen-bond donors (Lipinski definition) is 0. The molecule has 2 aromatic rings. The average Bonchev–Trinajstić information content (AvgIpc) is 2.80. The summed E-state index contributed by atoms with van der Waals surface area (Å²) in [5, 5.41) is 0. The molecule has 28 heavy (non-hydrogen) atoms. The van der Waals surface area contributed by atoms with Gasteiger partial charge in [-0.2, -0.15) is 0 Å². The first kappa shape index (κ1) is 20.5. The maximum absolute atomic E-state index is 12.8. The first-order valence-electron chi connectivity index (χ1n) is 8.88. The Bertz CT molecular complexity index is 806. The predicted molar refractivity (Wildman–Crippen MR) is 99.6 cm³/mol. The molecule has 1 aliphatic rings. The summed E-state index contributed by atoms with van der Waals surface area (Å²) in [6.45, 7) is 7.69. The second-order valence-corrected chi connectivity index (χ2v) is 7.65. The lowest BCUT2D eigenvalue weighted by Crippen LogP contribution is -2.41. The van der Waals surface area contributed by atoms with E-state index in [1.807, 2.05) is 58.0 Å². The molecule has 1 saturated heterocycles. The lowest BCUT2D eigenvalue weighted by atomic mass is 9.79. The van der Waals surface area contributed by atoms with Gasteiger partial charge in [-0.3, -0.25) is 0 Å². The van der Waals surface area contributed by atoms with E-state index < -0.39 is 24.7 Å². The molecule has 1 heterocycles. The second-order valence-electron chi connectivity index (χ2n) is 7.65. The number of ether oxygens (including phenoxy) is 2. The van der Waals surface area contributed by atoms with Crippen molar-refractivity contribution in [2.75, 3.05) is 0 Å². The van der Waals surface area contributed by atoms with Crippen LogP contribution in [0, 0.1) is 0 Å². The number of rotatable bonds is 5. The highest BCUT2D eigenvalue weighted by Gasteiger charge is 2.52. The van der Waals surface area contributed by atoms with Crippen molar-refractivity contribution in [3.8, 4) is 11.5 Å². The zero-order chi connectivity index (χ0) is 20.6. The highest BCUT2D eigenvalue weighted by molar-refractivity contribution is 6.62. The monoisotopic (exact) mass is 394 g/mol. The Labute approximate surface area is 162 Å². The Kier molecular flexibility index (Phi) is 5.38. The van der Waals surface area contributed by atoms with Crippen LogP contribution >= 0.6 is 0 Å². The normalized spacial score (nSPS) is 18.2. The molecule has 0 aromatic heterocycles. The Morgan fingerprint density at radius 2 is 1.46 bits per heavy atom. The zero-order valence-corrected chi connectivity index (χ0v) is 16.2. The van der Waals surface area contributed by atoms with Crippen molar-refractivity contribution in [1.82, 2.24) is 0 Å². The minimum absolute atomic E-state index is 0.207. The van der Waals surface area contributed by atoms with E-state index in [9.17, 15) is 13.2 Å². The van der Waals surface area contributed by atoms with Crippen LogP contribution in [0.15, 0.2) is 48.5 Å². The summed E-state index contributed by atoms with van der Waals surface area (Å²) in [7, 11) is -0.833. The van der Waals surface area contributed by atoms with Crippen LogP contribution in [0.25, 0.3) is 0 Å². The third kappa shape index (κ3) is 4.80. The van der Waals surface area contributed by atoms with Crippen LogP contribution in [0.3, 0.4) is 0 Å². The zero-order valence-electron chi connectivity index (χ0n) is 16.2. The molecule has 0 N–H and O–H groups in total.